The number of aromatic nitrogens is 1. The summed E-state index contributed by atoms with van der Waals surface area (Å²) in [7, 11) is 0. The fraction of sp³-hybridized carbons (Fsp3) is 0.435. The van der Waals surface area contributed by atoms with E-state index >= 15 is 0 Å². The first-order valence-corrected chi connectivity index (χ1v) is 10.2. The number of carbonyl (C=O) groups is 2. The molecule has 1 aromatic heterocycles. The third-order valence-corrected chi connectivity index (χ3v) is 6.14. The molecule has 0 N–H and O–H groups in total. The van der Waals surface area contributed by atoms with E-state index < -0.39 is 17.3 Å². The van der Waals surface area contributed by atoms with Crippen LogP contribution >= 0.6 is 0 Å². The quantitative estimate of drug-likeness (QED) is 0.696. The highest BCUT2D eigenvalue weighted by Crippen LogP contribution is 2.52. The molecule has 0 radical (unpaired) electrons. The summed E-state index contributed by atoms with van der Waals surface area (Å²) in [6.07, 6.45) is -0.760. The van der Waals surface area contributed by atoms with Crippen LogP contribution in [-0.4, -0.2) is 27.1 Å². The Morgan fingerprint density at radius 2 is 1.84 bits per heavy atom. The molecule has 0 bridgehead atoms. The molecule has 0 saturated heterocycles. The third-order valence-electron chi connectivity index (χ3n) is 6.14. The summed E-state index contributed by atoms with van der Waals surface area (Å²) >= 11 is 0. The summed E-state index contributed by atoms with van der Waals surface area (Å²) in [6.45, 7) is 5.60. The molecule has 8 heteroatoms. The van der Waals surface area contributed by atoms with Crippen molar-refractivity contribution in [3.05, 3.63) is 64.9 Å². The first kappa shape index (κ1) is 21.3. The lowest BCUT2D eigenvalue weighted by Gasteiger charge is -2.54. The zero-order valence-corrected chi connectivity index (χ0v) is 17.5. The Labute approximate surface area is 177 Å². The van der Waals surface area contributed by atoms with E-state index in [0.717, 1.165) is 17.8 Å². The number of benzene rings is 1. The van der Waals surface area contributed by atoms with E-state index in [1.165, 1.54) is 23.1 Å². The molecule has 0 atom stereocenters. The number of halogens is 3. The molecule has 1 saturated carbocycles. The predicted molar refractivity (Wildman–Crippen MR) is 106 cm³/mol. The summed E-state index contributed by atoms with van der Waals surface area (Å²) < 4.78 is 44.1. The van der Waals surface area contributed by atoms with Crippen LogP contribution in [0.2, 0.25) is 0 Å². The van der Waals surface area contributed by atoms with Crippen LogP contribution in [0.5, 0.6) is 0 Å². The average Bonchev–Trinajstić information content (AvgIpc) is 3.08. The highest BCUT2D eigenvalue weighted by Gasteiger charge is 2.59. The minimum Gasteiger partial charge on any atom is -0.448 e. The van der Waals surface area contributed by atoms with Gasteiger partial charge in [0.2, 0.25) is 5.91 Å². The fourth-order valence-electron chi connectivity index (χ4n) is 4.41. The Kier molecular flexibility index (Phi) is 5.06. The summed E-state index contributed by atoms with van der Waals surface area (Å²) in [5.74, 6) is -0.0612. The summed E-state index contributed by atoms with van der Waals surface area (Å²) in [6, 6.07) is 4.69. The zero-order valence-electron chi connectivity index (χ0n) is 17.5. The number of hydrogen-bond acceptors (Lipinski definition) is 4. The molecule has 4 rings (SSSR count). The maximum atomic E-state index is 13.4. The Bertz CT molecular complexity index is 1040. The molecule has 5 nitrogen and oxygen atoms in total. The van der Waals surface area contributed by atoms with Crippen molar-refractivity contribution in [3.63, 3.8) is 0 Å². The van der Waals surface area contributed by atoms with Gasteiger partial charge < -0.3 is 9.32 Å². The SMILES string of the molecule is Cc1coc(C2CC3(C2)C(=O)C(C(C)C)=CC(=O)N3Cc2ccc(C(F)(F)F)cc2)n1. The van der Waals surface area contributed by atoms with Crippen LogP contribution in [0.1, 0.15) is 55.3 Å². The van der Waals surface area contributed by atoms with Crippen molar-refractivity contribution in [2.45, 2.75) is 57.8 Å². The van der Waals surface area contributed by atoms with Crippen molar-refractivity contribution in [2.24, 2.45) is 5.92 Å². The van der Waals surface area contributed by atoms with E-state index in [1.807, 2.05) is 20.8 Å². The second-order valence-corrected chi connectivity index (χ2v) is 8.67. The maximum Gasteiger partial charge on any atom is 0.416 e. The lowest BCUT2D eigenvalue weighted by atomic mass is 9.61. The van der Waals surface area contributed by atoms with Crippen molar-refractivity contribution in [1.29, 1.82) is 0 Å². The van der Waals surface area contributed by atoms with Crippen LogP contribution in [0, 0.1) is 12.8 Å². The highest BCUT2D eigenvalue weighted by atomic mass is 19.4. The standard InChI is InChI=1S/C23H23F3N2O3/c1-13(2)18-8-19(29)28(11-15-4-6-17(7-5-15)23(24,25)26)22(20(18)30)9-16(10-22)21-27-14(3)12-31-21/h4-8,12-13,16H,9-11H2,1-3H3. The number of aryl methyl sites for hydroxylation is 1. The first-order chi connectivity index (χ1) is 14.5. The molecular formula is C23H23F3N2O3. The number of Topliss-reactive ketones (excluding diaryl/α,β-unsaturated/α-hetero) is 1. The van der Waals surface area contributed by atoms with Gasteiger partial charge in [-0.1, -0.05) is 26.0 Å². The van der Waals surface area contributed by atoms with Gasteiger partial charge >= 0.3 is 6.18 Å². The number of oxazole rings is 1. The van der Waals surface area contributed by atoms with Gasteiger partial charge in [0.1, 0.15) is 11.8 Å². The molecule has 2 aromatic rings. The topological polar surface area (TPSA) is 63.4 Å². The second kappa shape index (κ2) is 7.35. The molecule has 164 valence electrons. The number of rotatable bonds is 4. The molecule has 1 fully saturated rings. The molecule has 2 heterocycles. The van der Waals surface area contributed by atoms with Gasteiger partial charge in [0, 0.05) is 24.1 Å². The lowest BCUT2D eigenvalue weighted by Crippen LogP contribution is -2.65. The van der Waals surface area contributed by atoms with Crippen molar-refractivity contribution in [3.8, 4) is 0 Å². The Morgan fingerprint density at radius 3 is 2.35 bits per heavy atom. The van der Waals surface area contributed by atoms with E-state index in [9.17, 15) is 22.8 Å². The third kappa shape index (κ3) is 3.68. The van der Waals surface area contributed by atoms with Crippen LogP contribution < -0.4 is 0 Å². The summed E-state index contributed by atoms with van der Waals surface area (Å²) in [4.78, 5) is 32.3. The lowest BCUT2D eigenvalue weighted by molar-refractivity contribution is -0.153. The molecule has 2 aliphatic rings. The van der Waals surface area contributed by atoms with Gasteiger partial charge in [0.05, 0.1) is 11.3 Å². The molecule has 0 unspecified atom stereocenters. The largest absolute Gasteiger partial charge is 0.448 e. The number of alkyl halides is 3. The summed E-state index contributed by atoms with van der Waals surface area (Å²) in [5.41, 5.74) is -0.0225. The minimum absolute atomic E-state index is 0.0575. The van der Waals surface area contributed by atoms with E-state index in [4.69, 9.17) is 4.42 Å². The van der Waals surface area contributed by atoms with Crippen molar-refractivity contribution in [2.75, 3.05) is 0 Å². The van der Waals surface area contributed by atoms with E-state index in [1.54, 1.807) is 6.26 Å². The van der Waals surface area contributed by atoms with Crippen LogP contribution in [-0.2, 0) is 22.3 Å². The van der Waals surface area contributed by atoms with Crippen molar-refractivity contribution >= 4 is 11.7 Å². The predicted octanol–water partition coefficient (Wildman–Crippen LogP) is 4.81. The van der Waals surface area contributed by atoms with Gasteiger partial charge in [-0.3, -0.25) is 9.59 Å². The number of hydrogen-bond donors (Lipinski definition) is 0. The highest BCUT2D eigenvalue weighted by molar-refractivity contribution is 6.13. The van der Waals surface area contributed by atoms with Gasteiger partial charge in [-0.15, -0.1) is 0 Å². The Balaban J connectivity index is 1.64. The number of nitrogens with zero attached hydrogens (tertiary/aromatic N) is 2. The Hall–Kier alpha value is -2.90. The maximum absolute atomic E-state index is 13.4. The van der Waals surface area contributed by atoms with Crippen LogP contribution in [0.15, 0.2) is 46.6 Å². The van der Waals surface area contributed by atoms with E-state index in [2.05, 4.69) is 4.98 Å². The van der Waals surface area contributed by atoms with Gasteiger partial charge in [-0.2, -0.15) is 13.2 Å². The van der Waals surface area contributed by atoms with Crippen LogP contribution in [0.25, 0.3) is 0 Å². The Morgan fingerprint density at radius 1 is 1.19 bits per heavy atom. The van der Waals surface area contributed by atoms with E-state index in [-0.39, 0.29) is 30.1 Å². The molecule has 1 aliphatic heterocycles. The van der Waals surface area contributed by atoms with Gasteiger partial charge in [-0.25, -0.2) is 4.98 Å². The number of ketones is 1. The molecule has 1 amide bonds. The molecule has 1 aromatic carbocycles. The van der Waals surface area contributed by atoms with Gasteiger partial charge in [0.15, 0.2) is 11.7 Å². The van der Waals surface area contributed by atoms with Gasteiger partial charge in [0.25, 0.3) is 0 Å². The smallest absolute Gasteiger partial charge is 0.416 e. The van der Waals surface area contributed by atoms with E-state index in [0.29, 0.717) is 29.9 Å². The monoisotopic (exact) mass is 432 g/mol. The second-order valence-electron chi connectivity index (χ2n) is 8.67. The molecule has 1 aliphatic carbocycles. The van der Waals surface area contributed by atoms with Crippen LogP contribution in [0.4, 0.5) is 13.2 Å². The summed E-state index contributed by atoms with van der Waals surface area (Å²) in [5, 5.41) is 0. The normalized spacial score (nSPS) is 24.0. The average molecular weight is 432 g/mol. The number of amides is 1. The molecule has 1 spiro atoms. The minimum atomic E-state index is -4.43. The van der Waals surface area contributed by atoms with Gasteiger partial charge in [-0.05, 0) is 43.4 Å². The first-order valence-electron chi connectivity index (χ1n) is 10.2. The molecule has 31 heavy (non-hydrogen) atoms. The zero-order chi connectivity index (χ0) is 22.6. The van der Waals surface area contributed by atoms with Crippen molar-refractivity contribution < 1.29 is 27.2 Å². The van der Waals surface area contributed by atoms with Crippen molar-refractivity contribution in [1.82, 2.24) is 9.88 Å². The number of carbonyl (C=O) groups excluding carboxylic acids is 2. The van der Waals surface area contributed by atoms with Crippen LogP contribution in [0.3, 0.4) is 0 Å². The fourth-order valence-corrected chi connectivity index (χ4v) is 4.41. The molecular weight excluding hydrogens is 409 g/mol.